The molecule has 15 heavy (non-hydrogen) atoms. The highest BCUT2D eigenvalue weighted by Crippen LogP contribution is 2.20. The molecule has 0 spiro atoms. The van der Waals surface area contributed by atoms with Crippen LogP contribution in [0.4, 0.5) is 4.79 Å². The zero-order valence-electron chi connectivity index (χ0n) is 8.99. The summed E-state index contributed by atoms with van der Waals surface area (Å²) in [7, 11) is 1.50. The van der Waals surface area contributed by atoms with Crippen molar-refractivity contribution in [2.45, 2.75) is 25.9 Å². The van der Waals surface area contributed by atoms with E-state index in [0.29, 0.717) is 0 Å². The number of oxime groups is 1. The van der Waals surface area contributed by atoms with Crippen molar-refractivity contribution in [3.05, 3.63) is 0 Å². The first-order chi connectivity index (χ1) is 7.27. The van der Waals surface area contributed by atoms with Crippen molar-refractivity contribution in [1.82, 2.24) is 5.32 Å². The number of hydrogen-bond donors (Lipinski definition) is 1. The van der Waals surface area contributed by atoms with E-state index in [1.54, 1.807) is 11.8 Å². The molecule has 0 aromatic heterocycles. The Morgan fingerprint density at radius 1 is 1.80 bits per heavy atom. The molecule has 1 saturated heterocycles. The van der Waals surface area contributed by atoms with Gasteiger partial charge in [0.15, 0.2) is 0 Å². The van der Waals surface area contributed by atoms with Gasteiger partial charge < -0.3 is 10.1 Å². The van der Waals surface area contributed by atoms with Gasteiger partial charge in [0.05, 0.1) is 6.61 Å². The number of nitrogens with zero attached hydrogens (tertiary/aromatic N) is 1. The Labute approximate surface area is 93.6 Å². The molecule has 5 nitrogen and oxygen atoms in total. The van der Waals surface area contributed by atoms with E-state index in [2.05, 4.69) is 22.2 Å². The maximum atomic E-state index is 10.8. The molecule has 6 heteroatoms. The van der Waals surface area contributed by atoms with Gasteiger partial charge in [-0.25, -0.2) is 4.79 Å². The van der Waals surface area contributed by atoms with Crippen LogP contribution in [0.1, 0.15) is 19.8 Å². The second-order valence-electron chi connectivity index (χ2n) is 3.05. The molecule has 86 valence electrons. The molecule has 1 aliphatic rings. The molecule has 1 unspecified atom stereocenters. The molecular weight excluding hydrogens is 216 g/mol. The van der Waals surface area contributed by atoms with Crippen LogP contribution in [-0.2, 0) is 9.57 Å². The molecule has 1 atom stereocenters. The van der Waals surface area contributed by atoms with E-state index in [9.17, 15) is 4.79 Å². The van der Waals surface area contributed by atoms with Gasteiger partial charge >= 0.3 is 6.09 Å². The first-order valence-electron chi connectivity index (χ1n) is 4.99. The first-order valence-corrected chi connectivity index (χ1v) is 5.97. The lowest BCUT2D eigenvalue weighted by atomic mass is 10.2. The number of amides is 1. The molecule has 0 aromatic carbocycles. The highest BCUT2D eigenvalue weighted by molar-refractivity contribution is 8.14. The van der Waals surface area contributed by atoms with E-state index in [4.69, 9.17) is 4.74 Å². The summed E-state index contributed by atoms with van der Waals surface area (Å²) < 4.78 is 5.53. The SMILES string of the molecule is CCCC1OCCSC1=NOC(=O)NC. The average Bonchev–Trinajstić information content (AvgIpc) is 2.28. The van der Waals surface area contributed by atoms with Gasteiger partial charge in [-0.2, -0.15) is 0 Å². The van der Waals surface area contributed by atoms with Crippen molar-refractivity contribution < 1.29 is 14.4 Å². The molecule has 1 rings (SSSR count). The predicted molar refractivity (Wildman–Crippen MR) is 60.1 cm³/mol. The van der Waals surface area contributed by atoms with Gasteiger partial charge in [-0.05, 0) is 6.42 Å². The summed E-state index contributed by atoms with van der Waals surface area (Å²) in [6, 6.07) is 0. The van der Waals surface area contributed by atoms with Crippen LogP contribution in [0.5, 0.6) is 0 Å². The van der Waals surface area contributed by atoms with Crippen LogP contribution in [0.3, 0.4) is 0 Å². The number of carbonyl (C=O) groups excluding carboxylic acids is 1. The van der Waals surface area contributed by atoms with Gasteiger partial charge in [0.1, 0.15) is 11.1 Å². The molecule has 1 fully saturated rings. The lowest BCUT2D eigenvalue weighted by Crippen LogP contribution is -2.29. The van der Waals surface area contributed by atoms with Crippen molar-refractivity contribution in [3.63, 3.8) is 0 Å². The van der Waals surface area contributed by atoms with Crippen molar-refractivity contribution >= 4 is 22.9 Å². The maximum absolute atomic E-state index is 10.8. The number of ether oxygens (including phenoxy) is 1. The maximum Gasteiger partial charge on any atom is 0.433 e. The van der Waals surface area contributed by atoms with Crippen LogP contribution in [0.15, 0.2) is 5.16 Å². The molecule has 1 N–H and O–H groups in total. The van der Waals surface area contributed by atoms with Crippen molar-refractivity contribution in [1.29, 1.82) is 0 Å². The minimum atomic E-state index is -0.552. The number of nitrogens with one attached hydrogen (secondary N) is 1. The first kappa shape index (κ1) is 12.3. The highest BCUT2D eigenvalue weighted by atomic mass is 32.2. The third-order valence-electron chi connectivity index (χ3n) is 1.90. The molecule has 0 aliphatic carbocycles. The van der Waals surface area contributed by atoms with E-state index in [1.807, 2.05) is 0 Å². The van der Waals surface area contributed by atoms with E-state index in [1.165, 1.54) is 7.05 Å². The van der Waals surface area contributed by atoms with Gasteiger partial charge in [0.25, 0.3) is 0 Å². The fourth-order valence-electron chi connectivity index (χ4n) is 1.19. The molecule has 0 bridgehead atoms. The summed E-state index contributed by atoms with van der Waals surface area (Å²) in [5, 5.41) is 6.89. The molecule has 1 heterocycles. The zero-order valence-corrected chi connectivity index (χ0v) is 9.80. The van der Waals surface area contributed by atoms with Crippen LogP contribution in [0.25, 0.3) is 0 Å². The van der Waals surface area contributed by atoms with E-state index in [-0.39, 0.29) is 6.10 Å². The highest BCUT2D eigenvalue weighted by Gasteiger charge is 2.22. The fraction of sp³-hybridized carbons (Fsp3) is 0.778. The quantitative estimate of drug-likeness (QED) is 0.593. The van der Waals surface area contributed by atoms with E-state index >= 15 is 0 Å². The minimum absolute atomic E-state index is 0.0154. The van der Waals surface area contributed by atoms with Gasteiger partial charge in [0, 0.05) is 12.8 Å². The van der Waals surface area contributed by atoms with Crippen LogP contribution in [0.2, 0.25) is 0 Å². The molecule has 1 aliphatic heterocycles. The number of rotatable bonds is 3. The third kappa shape index (κ3) is 4.09. The smallest absolute Gasteiger partial charge is 0.370 e. The van der Waals surface area contributed by atoms with Crippen LogP contribution >= 0.6 is 11.8 Å². The van der Waals surface area contributed by atoms with Gasteiger partial charge in [-0.1, -0.05) is 18.5 Å². The van der Waals surface area contributed by atoms with Crippen LogP contribution in [0, 0.1) is 0 Å². The Balaban J connectivity index is 2.50. The van der Waals surface area contributed by atoms with Gasteiger partial charge in [-0.3, -0.25) is 4.84 Å². The normalized spacial score (nSPS) is 23.9. The summed E-state index contributed by atoms with van der Waals surface area (Å²) in [5.41, 5.74) is 0. The number of hydrogen-bond acceptors (Lipinski definition) is 5. The lowest BCUT2D eigenvalue weighted by molar-refractivity contribution is 0.0988. The Morgan fingerprint density at radius 3 is 3.27 bits per heavy atom. The monoisotopic (exact) mass is 232 g/mol. The standard InChI is InChI=1S/C9H16N2O3S/c1-3-4-7-8(15-6-5-13-7)11-14-9(12)10-2/h7H,3-6H2,1-2H3,(H,10,12). The molecule has 0 saturated carbocycles. The van der Waals surface area contributed by atoms with Crippen LogP contribution < -0.4 is 5.32 Å². The Kier molecular flexibility index (Phi) is 5.49. The summed E-state index contributed by atoms with van der Waals surface area (Å²) in [6.07, 6.45) is 1.36. The van der Waals surface area contributed by atoms with Crippen LogP contribution in [-0.4, -0.2) is 36.6 Å². The van der Waals surface area contributed by atoms with E-state index < -0.39 is 6.09 Å². The molecular formula is C9H16N2O3S. The Morgan fingerprint density at radius 2 is 2.60 bits per heavy atom. The summed E-state index contributed by atoms with van der Waals surface area (Å²) in [5.74, 6) is 0.857. The fourth-order valence-corrected chi connectivity index (χ4v) is 2.04. The molecule has 0 aromatic rings. The van der Waals surface area contributed by atoms with Gasteiger partial charge in [0.2, 0.25) is 0 Å². The minimum Gasteiger partial charge on any atom is -0.370 e. The second-order valence-corrected chi connectivity index (χ2v) is 4.17. The summed E-state index contributed by atoms with van der Waals surface area (Å²) in [4.78, 5) is 15.5. The summed E-state index contributed by atoms with van der Waals surface area (Å²) >= 11 is 1.58. The number of thioether (sulfide) groups is 1. The average molecular weight is 232 g/mol. The topological polar surface area (TPSA) is 59.9 Å². The summed E-state index contributed by atoms with van der Waals surface area (Å²) in [6.45, 7) is 2.81. The molecule has 1 amide bonds. The van der Waals surface area contributed by atoms with Crippen molar-refractivity contribution in [2.24, 2.45) is 5.16 Å². The largest absolute Gasteiger partial charge is 0.433 e. The van der Waals surface area contributed by atoms with Crippen molar-refractivity contribution in [2.75, 3.05) is 19.4 Å². The number of carbonyl (C=O) groups is 1. The van der Waals surface area contributed by atoms with Gasteiger partial charge in [-0.15, -0.1) is 11.8 Å². The third-order valence-corrected chi connectivity index (χ3v) is 2.91. The predicted octanol–water partition coefficient (Wildman–Crippen LogP) is 1.59. The van der Waals surface area contributed by atoms with E-state index in [0.717, 1.165) is 30.2 Å². The van der Waals surface area contributed by atoms with Crippen molar-refractivity contribution in [3.8, 4) is 0 Å². The second kappa shape index (κ2) is 6.68. The lowest BCUT2D eigenvalue weighted by Gasteiger charge is -2.22. The zero-order chi connectivity index (χ0) is 11.1. The Bertz CT molecular complexity index is 244. The molecule has 0 radical (unpaired) electrons. The Hall–Kier alpha value is -0.750.